The molecule has 1 aromatic carbocycles. The number of carbonyl (C=O) groups is 2. The van der Waals surface area contributed by atoms with E-state index in [2.05, 4.69) is 4.18 Å². The molecule has 27 heavy (non-hydrogen) atoms. The van der Waals surface area contributed by atoms with Gasteiger partial charge in [-0.25, -0.2) is 4.79 Å². The number of hydrogen-bond donors (Lipinski definition) is 1. The molecule has 1 aromatic rings. The largest absolute Gasteiger partial charge is 0.493 e. The molecule has 1 heterocycles. The lowest BCUT2D eigenvalue weighted by Gasteiger charge is -2.24. The highest BCUT2D eigenvalue weighted by Crippen LogP contribution is 2.34. The molecule has 9 heteroatoms. The van der Waals surface area contributed by atoms with E-state index in [1.54, 1.807) is 12.1 Å². The van der Waals surface area contributed by atoms with Crippen molar-refractivity contribution >= 4 is 21.9 Å². The molecule has 8 nitrogen and oxygen atoms in total. The van der Waals surface area contributed by atoms with Crippen LogP contribution in [0.3, 0.4) is 0 Å². The molecule has 0 aliphatic carbocycles. The lowest BCUT2D eigenvalue weighted by Crippen LogP contribution is -2.31. The van der Waals surface area contributed by atoms with Gasteiger partial charge < -0.3 is 14.6 Å². The molecule has 0 amide bonds. The monoisotopic (exact) mass is 400 g/mol. The van der Waals surface area contributed by atoms with Crippen molar-refractivity contribution in [3.8, 4) is 11.5 Å². The Kier molecular flexibility index (Phi) is 7.20. The van der Waals surface area contributed by atoms with Crippen LogP contribution in [-0.4, -0.2) is 50.9 Å². The zero-order valence-electron chi connectivity index (χ0n) is 15.4. The summed E-state index contributed by atoms with van der Waals surface area (Å²) in [7, 11) is -3.42. The number of benzene rings is 1. The highest BCUT2D eigenvalue weighted by atomic mass is 32.2. The quantitative estimate of drug-likeness (QED) is 0.361. The van der Waals surface area contributed by atoms with Crippen molar-refractivity contribution in [3.63, 3.8) is 0 Å². The van der Waals surface area contributed by atoms with Crippen molar-refractivity contribution in [2.75, 3.05) is 19.5 Å². The molecule has 0 bridgehead atoms. The minimum atomic E-state index is -3.42. The zero-order valence-corrected chi connectivity index (χ0v) is 16.2. The van der Waals surface area contributed by atoms with Crippen LogP contribution in [0.4, 0.5) is 0 Å². The summed E-state index contributed by atoms with van der Waals surface area (Å²) in [5.41, 5.74) is 1.23. The van der Waals surface area contributed by atoms with Crippen LogP contribution in [-0.2, 0) is 25.5 Å². The summed E-state index contributed by atoms with van der Waals surface area (Å²) in [4.78, 5) is 23.0. The number of ketones is 1. The van der Waals surface area contributed by atoms with Crippen LogP contribution in [0.15, 0.2) is 12.1 Å². The standard InChI is InChI=1S/C18H24O8S/c1-12(19)14-10-13-6-7-15(18(20)21)26-16(13)11-17(14)24-8-4-3-5-9-25-27(2,22)23/h10-11,15H,3-9H2,1-2H3,(H,20,21). The minimum absolute atomic E-state index is 0.126. The number of hydrogen-bond acceptors (Lipinski definition) is 7. The Balaban J connectivity index is 1.94. The number of rotatable bonds is 10. The van der Waals surface area contributed by atoms with Crippen LogP contribution in [0.2, 0.25) is 0 Å². The number of ether oxygens (including phenoxy) is 2. The third kappa shape index (κ3) is 6.51. The first-order valence-electron chi connectivity index (χ1n) is 8.72. The number of fused-ring (bicyclic) bond motifs is 1. The number of carbonyl (C=O) groups excluding carboxylic acids is 1. The van der Waals surface area contributed by atoms with E-state index in [9.17, 15) is 18.0 Å². The van der Waals surface area contributed by atoms with Crippen LogP contribution >= 0.6 is 0 Å². The van der Waals surface area contributed by atoms with Crippen LogP contribution in [0.5, 0.6) is 11.5 Å². The first-order chi connectivity index (χ1) is 12.7. The average Bonchev–Trinajstić information content (AvgIpc) is 2.58. The van der Waals surface area contributed by atoms with Gasteiger partial charge >= 0.3 is 5.97 Å². The highest BCUT2D eigenvalue weighted by molar-refractivity contribution is 7.85. The number of Topliss-reactive ketones (excluding diaryl/α,β-unsaturated/α-hetero) is 1. The molecule has 0 fully saturated rings. The molecular weight excluding hydrogens is 376 g/mol. The third-order valence-corrected chi connectivity index (χ3v) is 4.70. The van der Waals surface area contributed by atoms with Crippen molar-refractivity contribution in [2.45, 2.75) is 45.1 Å². The number of unbranched alkanes of at least 4 members (excludes halogenated alkanes) is 2. The van der Waals surface area contributed by atoms with E-state index in [1.165, 1.54) is 6.92 Å². The molecule has 1 aliphatic heterocycles. The molecule has 0 aromatic heterocycles. The SMILES string of the molecule is CC(=O)c1cc2c(cc1OCCCCCOS(C)(=O)=O)OC(C(=O)O)CC2. The molecule has 1 N–H and O–H groups in total. The van der Waals surface area contributed by atoms with Gasteiger partial charge in [0.25, 0.3) is 10.1 Å². The van der Waals surface area contributed by atoms with Gasteiger partial charge in [-0.2, -0.15) is 8.42 Å². The third-order valence-electron chi connectivity index (χ3n) is 4.11. The summed E-state index contributed by atoms with van der Waals surface area (Å²) in [6.07, 6.45) is 2.91. The molecule has 0 saturated carbocycles. The van der Waals surface area contributed by atoms with Gasteiger partial charge in [-0.15, -0.1) is 0 Å². The number of carboxylic acids is 1. The van der Waals surface area contributed by atoms with Gasteiger partial charge in [-0.1, -0.05) is 0 Å². The van der Waals surface area contributed by atoms with Gasteiger partial charge in [-0.3, -0.25) is 8.98 Å². The molecule has 0 radical (unpaired) electrons. The Morgan fingerprint density at radius 2 is 1.93 bits per heavy atom. The van der Waals surface area contributed by atoms with Gasteiger partial charge in [-0.05, 0) is 50.7 Å². The van der Waals surface area contributed by atoms with Crippen molar-refractivity contribution in [2.24, 2.45) is 0 Å². The minimum Gasteiger partial charge on any atom is -0.493 e. The number of aryl methyl sites for hydroxylation is 1. The maximum Gasteiger partial charge on any atom is 0.344 e. The first-order valence-corrected chi connectivity index (χ1v) is 10.5. The normalized spacial score (nSPS) is 16.3. The van der Waals surface area contributed by atoms with E-state index in [-0.39, 0.29) is 12.4 Å². The van der Waals surface area contributed by atoms with Gasteiger partial charge in [0, 0.05) is 6.07 Å². The second-order valence-corrected chi connectivity index (χ2v) is 8.07. The molecular formula is C18H24O8S. The smallest absolute Gasteiger partial charge is 0.344 e. The highest BCUT2D eigenvalue weighted by Gasteiger charge is 2.27. The van der Waals surface area contributed by atoms with Crippen molar-refractivity contribution in [1.82, 2.24) is 0 Å². The maximum atomic E-state index is 11.9. The van der Waals surface area contributed by atoms with E-state index in [1.807, 2.05) is 0 Å². The topological polar surface area (TPSA) is 116 Å². The van der Waals surface area contributed by atoms with Gasteiger partial charge in [0.15, 0.2) is 11.9 Å². The zero-order chi connectivity index (χ0) is 20.0. The summed E-state index contributed by atoms with van der Waals surface area (Å²) < 4.78 is 37.6. The summed E-state index contributed by atoms with van der Waals surface area (Å²) in [5.74, 6) is -0.375. The Bertz CT molecular complexity index is 800. The van der Waals surface area contributed by atoms with E-state index in [4.69, 9.17) is 14.6 Å². The Hall–Kier alpha value is -2.13. The molecule has 1 atom stereocenters. The van der Waals surface area contributed by atoms with Crippen molar-refractivity contribution in [1.29, 1.82) is 0 Å². The molecule has 0 saturated heterocycles. The second-order valence-electron chi connectivity index (χ2n) is 6.43. The van der Waals surface area contributed by atoms with Gasteiger partial charge in [0.2, 0.25) is 0 Å². The van der Waals surface area contributed by atoms with E-state index < -0.39 is 22.2 Å². The Morgan fingerprint density at radius 1 is 1.22 bits per heavy atom. The molecule has 150 valence electrons. The lowest BCUT2D eigenvalue weighted by molar-refractivity contribution is -0.145. The average molecular weight is 400 g/mol. The maximum absolute atomic E-state index is 11.9. The fraction of sp³-hybridized carbons (Fsp3) is 0.556. The first kappa shape index (κ1) is 21.2. The predicted molar refractivity (Wildman–Crippen MR) is 97.0 cm³/mol. The fourth-order valence-electron chi connectivity index (χ4n) is 2.75. The van der Waals surface area contributed by atoms with E-state index in [0.29, 0.717) is 55.8 Å². The number of aliphatic carboxylic acids is 1. The molecule has 0 spiro atoms. The van der Waals surface area contributed by atoms with Crippen LogP contribution in [0, 0.1) is 0 Å². The summed E-state index contributed by atoms with van der Waals surface area (Å²) in [6.45, 7) is 1.90. The number of carboxylic acid groups (broad SMARTS) is 1. The van der Waals surface area contributed by atoms with Crippen LogP contribution < -0.4 is 9.47 Å². The molecule has 1 aliphatic rings. The predicted octanol–water partition coefficient (Wildman–Crippen LogP) is 2.19. The van der Waals surface area contributed by atoms with E-state index >= 15 is 0 Å². The van der Waals surface area contributed by atoms with Crippen molar-refractivity contribution < 1.29 is 36.8 Å². The molecule has 1 unspecified atom stereocenters. The van der Waals surface area contributed by atoms with Gasteiger partial charge in [0.05, 0.1) is 25.0 Å². The van der Waals surface area contributed by atoms with E-state index in [0.717, 1.165) is 11.8 Å². The van der Waals surface area contributed by atoms with Crippen LogP contribution in [0.1, 0.15) is 48.5 Å². The summed E-state index contributed by atoms with van der Waals surface area (Å²) >= 11 is 0. The fourth-order valence-corrected chi connectivity index (χ4v) is 3.17. The Morgan fingerprint density at radius 3 is 2.56 bits per heavy atom. The second kappa shape index (κ2) is 9.18. The van der Waals surface area contributed by atoms with Crippen LogP contribution in [0.25, 0.3) is 0 Å². The van der Waals surface area contributed by atoms with Gasteiger partial charge in [0.1, 0.15) is 11.5 Å². The summed E-state index contributed by atoms with van der Waals surface area (Å²) in [5, 5.41) is 9.11. The molecule has 2 rings (SSSR count). The van der Waals surface area contributed by atoms with Crippen molar-refractivity contribution in [3.05, 3.63) is 23.3 Å². The lowest BCUT2D eigenvalue weighted by atomic mass is 9.98. The summed E-state index contributed by atoms with van der Waals surface area (Å²) in [6, 6.07) is 3.28. The Labute approximate surface area is 158 Å².